The predicted molar refractivity (Wildman–Crippen MR) is 139 cm³/mol. The van der Waals surface area contributed by atoms with Crippen LogP contribution in [-0.2, 0) is 13.0 Å². The molecule has 0 radical (unpaired) electrons. The Hall–Kier alpha value is -3.28. The lowest BCUT2D eigenvalue weighted by Gasteiger charge is -2.28. The summed E-state index contributed by atoms with van der Waals surface area (Å²) < 4.78 is 2.14. The summed E-state index contributed by atoms with van der Waals surface area (Å²) in [4.78, 5) is 10.0. The zero-order valence-electron chi connectivity index (χ0n) is 18.9. The van der Waals surface area contributed by atoms with Crippen molar-refractivity contribution in [2.75, 3.05) is 11.4 Å². The van der Waals surface area contributed by atoms with Gasteiger partial charge in [-0.1, -0.05) is 47.5 Å². The normalized spacial score (nSPS) is 13.5. The van der Waals surface area contributed by atoms with Crippen LogP contribution in [0.25, 0.3) is 27.8 Å². The van der Waals surface area contributed by atoms with E-state index in [2.05, 4.69) is 75.9 Å². The summed E-state index contributed by atoms with van der Waals surface area (Å²) in [6, 6.07) is 16.8. The first-order valence-electron chi connectivity index (χ1n) is 11.3. The number of pyridine rings is 1. The summed E-state index contributed by atoms with van der Waals surface area (Å²) in [6.07, 6.45) is 4.44. The average Bonchev–Trinajstić information content (AvgIpc) is 3.42. The Morgan fingerprint density at radius 2 is 1.82 bits per heavy atom. The molecular weight excluding hydrogens is 465 g/mol. The molecule has 2 aromatic carbocycles. The van der Waals surface area contributed by atoms with E-state index in [9.17, 15) is 0 Å². The van der Waals surface area contributed by atoms with Gasteiger partial charge in [0.25, 0.3) is 0 Å². The fourth-order valence-corrected chi connectivity index (χ4v) is 5.49. The van der Waals surface area contributed by atoms with Gasteiger partial charge in [0, 0.05) is 53.9 Å². The molecule has 0 bridgehead atoms. The molecule has 0 aliphatic carbocycles. The zero-order valence-corrected chi connectivity index (χ0v) is 20.5. The Balaban J connectivity index is 1.56. The maximum atomic E-state index is 6.53. The molecule has 6 rings (SSSR count). The lowest BCUT2D eigenvalue weighted by molar-refractivity contribution is 0.706. The predicted octanol–water partition coefficient (Wildman–Crippen LogP) is 6.90. The van der Waals surface area contributed by atoms with Crippen molar-refractivity contribution in [1.82, 2.24) is 19.7 Å². The van der Waals surface area contributed by atoms with E-state index >= 15 is 0 Å². The SMILES string of the molecule is Cc1cccc(C)c1-n1nc2c(c1-c1ccc3[nH]ccc3c1)CN(c1ncc(Cl)cc1Cl)CC2. The molecule has 1 aliphatic rings. The molecule has 0 saturated heterocycles. The third-order valence-corrected chi connectivity index (χ3v) is 7.08. The maximum absolute atomic E-state index is 6.53. The van der Waals surface area contributed by atoms with Crippen LogP contribution in [0.15, 0.2) is 60.9 Å². The van der Waals surface area contributed by atoms with Gasteiger partial charge in [0.05, 0.1) is 27.1 Å². The van der Waals surface area contributed by atoms with E-state index in [-0.39, 0.29) is 0 Å². The quantitative estimate of drug-likeness (QED) is 0.301. The Morgan fingerprint density at radius 1 is 1.00 bits per heavy atom. The minimum atomic E-state index is 0.537. The number of fused-ring (bicyclic) bond motifs is 2. The van der Waals surface area contributed by atoms with E-state index in [1.807, 2.05) is 6.20 Å². The number of H-pyrrole nitrogens is 1. The first-order chi connectivity index (χ1) is 16.5. The number of hydrogen-bond donors (Lipinski definition) is 1. The second kappa shape index (κ2) is 8.19. The van der Waals surface area contributed by atoms with Gasteiger partial charge in [0.15, 0.2) is 0 Å². The maximum Gasteiger partial charge on any atom is 0.147 e. The van der Waals surface area contributed by atoms with Gasteiger partial charge in [-0.25, -0.2) is 9.67 Å². The number of nitrogens with zero attached hydrogens (tertiary/aromatic N) is 4. The van der Waals surface area contributed by atoms with Crippen molar-refractivity contribution >= 4 is 39.9 Å². The highest BCUT2D eigenvalue weighted by Crippen LogP contribution is 2.37. The van der Waals surface area contributed by atoms with E-state index in [0.29, 0.717) is 16.6 Å². The number of hydrogen-bond acceptors (Lipinski definition) is 3. The molecule has 0 spiro atoms. The topological polar surface area (TPSA) is 49.7 Å². The van der Waals surface area contributed by atoms with Gasteiger partial charge >= 0.3 is 0 Å². The van der Waals surface area contributed by atoms with Crippen LogP contribution in [0.1, 0.15) is 22.4 Å². The minimum absolute atomic E-state index is 0.537. The molecule has 4 heterocycles. The van der Waals surface area contributed by atoms with Gasteiger partial charge in [-0.15, -0.1) is 0 Å². The zero-order chi connectivity index (χ0) is 23.4. The molecule has 3 aromatic heterocycles. The molecular formula is C27H23Cl2N5. The molecule has 0 amide bonds. The third kappa shape index (κ3) is 3.47. The van der Waals surface area contributed by atoms with Crippen molar-refractivity contribution in [3.05, 3.63) is 93.4 Å². The summed E-state index contributed by atoms with van der Waals surface area (Å²) in [5.41, 5.74) is 9.23. The summed E-state index contributed by atoms with van der Waals surface area (Å²) in [6.45, 7) is 5.76. The molecule has 1 N–H and O–H groups in total. The molecule has 7 heteroatoms. The Bertz CT molecular complexity index is 1530. The fourth-order valence-electron chi connectivity index (χ4n) is 4.99. The van der Waals surface area contributed by atoms with Crippen molar-refractivity contribution in [3.63, 3.8) is 0 Å². The van der Waals surface area contributed by atoms with Gasteiger partial charge < -0.3 is 9.88 Å². The molecule has 1 aliphatic heterocycles. The number of aromatic nitrogens is 4. The number of aryl methyl sites for hydroxylation is 2. The summed E-state index contributed by atoms with van der Waals surface area (Å²) in [5.74, 6) is 0.753. The molecule has 170 valence electrons. The van der Waals surface area contributed by atoms with Crippen molar-refractivity contribution in [2.24, 2.45) is 0 Å². The highest BCUT2D eigenvalue weighted by atomic mass is 35.5. The summed E-state index contributed by atoms with van der Waals surface area (Å²) in [5, 5.41) is 7.44. The standard InChI is InChI=1S/C27H23Cl2N5/c1-16-4-3-5-17(2)25(16)34-26(19-6-7-23-18(12-19)8-10-30-23)21-15-33(11-9-24(21)32-34)27-22(29)13-20(28)14-31-27/h3-8,10,12-14,30H,9,11,15H2,1-2H3. The van der Waals surface area contributed by atoms with E-state index in [1.54, 1.807) is 12.3 Å². The smallest absolute Gasteiger partial charge is 0.147 e. The van der Waals surface area contributed by atoms with Crippen LogP contribution in [0.3, 0.4) is 0 Å². The van der Waals surface area contributed by atoms with Crippen LogP contribution in [0, 0.1) is 13.8 Å². The summed E-state index contributed by atoms with van der Waals surface area (Å²) >= 11 is 12.6. The fraction of sp³-hybridized carbons (Fsp3) is 0.185. The average molecular weight is 488 g/mol. The van der Waals surface area contributed by atoms with E-state index < -0.39 is 0 Å². The van der Waals surface area contributed by atoms with E-state index in [1.165, 1.54) is 22.1 Å². The van der Waals surface area contributed by atoms with Crippen LogP contribution >= 0.6 is 23.2 Å². The molecule has 0 unspecified atom stereocenters. The van der Waals surface area contributed by atoms with Crippen LogP contribution in [-0.4, -0.2) is 26.3 Å². The number of halogens is 2. The Morgan fingerprint density at radius 3 is 2.62 bits per heavy atom. The van der Waals surface area contributed by atoms with Crippen molar-refractivity contribution in [3.8, 4) is 16.9 Å². The largest absolute Gasteiger partial charge is 0.361 e. The lowest BCUT2D eigenvalue weighted by atomic mass is 9.99. The van der Waals surface area contributed by atoms with E-state index in [4.69, 9.17) is 28.3 Å². The molecule has 5 aromatic rings. The lowest BCUT2D eigenvalue weighted by Crippen LogP contribution is -2.31. The van der Waals surface area contributed by atoms with Crippen molar-refractivity contribution < 1.29 is 0 Å². The van der Waals surface area contributed by atoms with Gasteiger partial charge in [-0.2, -0.15) is 5.10 Å². The molecule has 0 fully saturated rings. The minimum Gasteiger partial charge on any atom is -0.361 e. The number of nitrogens with one attached hydrogen (secondary N) is 1. The van der Waals surface area contributed by atoms with Crippen LogP contribution in [0.5, 0.6) is 0 Å². The van der Waals surface area contributed by atoms with Gasteiger partial charge in [-0.3, -0.25) is 0 Å². The van der Waals surface area contributed by atoms with Gasteiger partial charge in [0.2, 0.25) is 0 Å². The number of rotatable bonds is 3. The van der Waals surface area contributed by atoms with Gasteiger partial charge in [0.1, 0.15) is 5.82 Å². The first kappa shape index (κ1) is 21.3. The van der Waals surface area contributed by atoms with Crippen molar-refractivity contribution in [2.45, 2.75) is 26.8 Å². The number of anilines is 1. The molecule has 0 atom stereocenters. The van der Waals surface area contributed by atoms with E-state index in [0.717, 1.165) is 46.9 Å². The monoisotopic (exact) mass is 487 g/mol. The molecule has 0 saturated carbocycles. The van der Waals surface area contributed by atoms with Crippen LogP contribution in [0.4, 0.5) is 5.82 Å². The van der Waals surface area contributed by atoms with Crippen LogP contribution in [0.2, 0.25) is 10.0 Å². The first-order valence-corrected chi connectivity index (χ1v) is 12.1. The third-order valence-electron chi connectivity index (χ3n) is 6.60. The molecule has 5 nitrogen and oxygen atoms in total. The highest BCUT2D eigenvalue weighted by molar-refractivity contribution is 6.36. The number of benzene rings is 2. The summed E-state index contributed by atoms with van der Waals surface area (Å²) in [7, 11) is 0. The second-order valence-corrected chi connectivity index (χ2v) is 9.68. The van der Waals surface area contributed by atoms with Gasteiger partial charge in [-0.05, 0) is 49.2 Å². The second-order valence-electron chi connectivity index (χ2n) is 8.84. The Labute approximate surface area is 208 Å². The highest BCUT2D eigenvalue weighted by Gasteiger charge is 2.28. The number of para-hydroxylation sites is 1. The number of aromatic amines is 1. The van der Waals surface area contributed by atoms with Crippen LogP contribution < -0.4 is 4.90 Å². The van der Waals surface area contributed by atoms with Crippen molar-refractivity contribution in [1.29, 1.82) is 0 Å². The Kier molecular flexibility index (Phi) is 5.12. The molecule has 34 heavy (non-hydrogen) atoms.